The van der Waals surface area contributed by atoms with Crippen molar-refractivity contribution in [2.24, 2.45) is 0 Å². The largest absolute Gasteiger partial charge is 0.481 e. The molecule has 8 nitrogen and oxygen atoms in total. The molecule has 0 saturated carbocycles. The van der Waals surface area contributed by atoms with Gasteiger partial charge in [0, 0.05) is 18.7 Å². The highest BCUT2D eigenvalue weighted by Crippen LogP contribution is 2.25. The lowest BCUT2D eigenvalue weighted by atomic mass is 9.87. The minimum Gasteiger partial charge on any atom is -0.481 e. The number of hydrazine groups is 1. The van der Waals surface area contributed by atoms with E-state index in [1.54, 1.807) is 19.1 Å². The highest BCUT2D eigenvalue weighted by molar-refractivity contribution is 7.89. The van der Waals surface area contributed by atoms with Crippen molar-refractivity contribution in [2.75, 3.05) is 13.1 Å². The van der Waals surface area contributed by atoms with Crippen molar-refractivity contribution in [3.8, 4) is 5.75 Å². The predicted molar refractivity (Wildman–Crippen MR) is 125 cm³/mol. The van der Waals surface area contributed by atoms with Gasteiger partial charge in [-0.05, 0) is 67.1 Å². The van der Waals surface area contributed by atoms with Gasteiger partial charge >= 0.3 is 0 Å². The summed E-state index contributed by atoms with van der Waals surface area (Å²) in [7, 11) is -3.54. The predicted octanol–water partition coefficient (Wildman–Crippen LogP) is 3.00. The number of ether oxygens (including phenoxy) is 1. The van der Waals surface area contributed by atoms with E-state index < -0.39 is 27.9 Å². The monoisotopic (exact) mass is 473 g/mol. The lowest BCUT2D eigenvalue weighted by Gasteiger charge is -2.20. The minimum atomic E-state index is -3.54. The second-order valence-corrected chi connectivity index (χ2v) is 11.1. The molecule has 1 heterocycles. The molecule has 1 aliphatic heterocycles. The van der Waals surface area contributed by atoms with Crippen molar-refractivity contribution in [3.63, 3.8) is 0 Å². The summed E-state index contributed by atoms with van der Waals surface area (Å²) in [6.07, 6.45) is 0.867. The first kappa shape index (κ1) is 24.7. The third-order valence-electron chi connectivity index (χ3n) is 5.52. The number of rotatable bonds is 6. The second kappa shape index (κ2) is 9.93. The molecule has 0 aromatic heterocycles. The number of hydrogen-bond acceptors (Lipinski definition) is 5. The molecule has 2 aromatic carbocycles. The van der Waals surface area contributed by atoms with Crippen molar-refractivity contribution in [1.82, 2.24) is 15.2 Å². The van der Waals surface area contributed by atoms with Crippen LogP contribution in [0.15, 0.2) is 53.4 Å². The number of carbonyl (C=O) groups excluding carboxylic acids is 2. The maximum Gasteiger partial charge on any atom is 0.279 e. The molecule has 1 saturated heterocycles. The molecule has 33 heavy (non-hydrogen) atoms. The van der Waals surface area contributed by atoms with Crippen LogP contribution in [0.1, 0.15) is 56.5 Å². The fourth-order valence-electron chi connectivity index (χ4n) is 3.44. The smallest absolute Gasteiger partial charge is 0.279 e. The topological polar surface area (TPSA) is 105 Å². The van der Waals surface area contributed by atoms with Crippen LogP contribution in [0, 0.1) is 0 Å². The van der Waals surface area contributed by atoms with Crippen molar-refractivity contribution in [3.05, 3.63) is 59.7 Å². The Labute approximate surface area is 195 Å². The van der Waals surface area contributed by atoms with Crippen LogP contribution in [0.3, 0.4) is 0 Å². The first-order valence-electron chi connectivity index (χ1n) is 11.0. The van der Waals surface area contributed by atoms with Gasteiger partial charge in [-0.25, -0.2) is 8.42 Å². The highest BCUT2D eigenvalue weighted by Gasteiger charge is 2.27. The van der Waals surface area contributed by atoms with Crippen LogP contribution >= 0.6 is 0 Å². The van der Waals surface area contributed by atoms with E-state index >= 15 is 0 Å². The Hall–Kier alpha value is -2.91. The fraction of sp³-hybridized carbons (Fsp3) is 0.417. The summed E-state index contributed by atoms with van der Waals surface area (Å²) in [5.74, 6) is -0.529. The maximum absolute atomic E-state index is 12.6. The zero-order valence-electron chi connectivity index (χ0n) is 19.4. The average molecular weight is 474 g/mol. The zero-order chi connectivity index (χ0) is 24.2. The third-order valence-corrected chi connectivity index (χ3v) is 7.43. The molecule has 2 N–H and O–H groups in total. The maximum atomic E-state index is 12.6. The Morgan fingerprint density at radius 2 is 1.52 bits per heavy atom. The van der Waals surface area contributed by atoms with E-state index in [1.807, 2.05) is 12.1 Å². The highest BCUT2D eigenvalue weighted by atomic mass is 32.2. The molecule has 0 bridgehead atoms. The van der Waals surface area contributed by atoms with Crippen molar-refractivity contribution in [2.45, 2.75) is 57.0 Å². The summed E-state index contributed by atoms with van der Waals surface area (Å²) in [6.45, 7) is 8.94. The number of nitrogens with one attached hydrogen (secondary N) is 2. The zero-order valence-corrected chi connectivity index (χ0v) is 20.2. The molecule has 2 aromatic rings. The molecule has 1 atom stereocenters. The number of nitrogens with zero attached hydrogens (tertiary/aromatic N) is 1. The van der Waals surface area contributed by atoms with Crippen LogP contribution in [0.5, 0.6) is 5.75 Å². The summed E-state index contributed by atoms with van der Waals surface area (Å²) in [5.41, 5.74) is 6.06. The fourth-order valence-corrected chi connectivity index (χ4v) is 4.96. The van der Waals surface area contributed by atoms with Crippen LogP contribution in [0.4, 0.5) is 0 Å². The summed E-state index contributed by atoms with van der Waals surface area (Å²) in [4.78, 5) is 24.8. The van der Waals surface area contributed by atoms with Gasteiger partial charge in [-0.2, -0.15) is 4.31 Å². The van der Waals surface area contributed by atoms with Crippen LogP contribution in [0.2, 0.25) is 0 Å². The molecule has 9 heteroatoms. The Morgan fingerprint density at radius 3 is 2.06 bits per heavy atom. The first-order valence-corrected chi connectivity index (χ1v) is 12.4. The number of sulfonamides is 1. The SMILES string of the molecule is CC(Oc1ccc(C(C)(C)C)cc1)C(=O)NNC(=O)c1ccc(S(=O)(=O)N2CCCC2)cc1. The minimum absolute atomic E-state index is 0.0162. The Balaban J connectivity index is 1.53. The van der Waals surface area contributed by atoms with E-state index in [0.29, 0.717) is 18.8 Å². The van der Waals surface area contributed by atoms with Gasteiger partial charge in [0.1, 0.15) is 5.75 Å². The quantitative estimate of drug-likeness (QED) is 0.628. The molecular formula is C24H31N3O5S. The number of hydrogen-bond donors (Lipinski definition) is 2. The van der Waals surface area contributed by atoms with Crippen molar-refractivity contribution in [1.29, 1.82) is 0 Å². The van der Waals surface area contributed by atoms with E-state index in [2.05, 4.69) is 31.6 Å². The van der Waals surface area contributed by atoms with Crippen LogP contribution in [0.25, 0.3) is 0 Å². The van der Waals surface area contributed by atoms with Gasteiger partial charge in [-0.3, -0.25) is 20.4 Å². The molecule has 0 radical (unpaired) electrons. The second-order valence-electron chi connectivity index (χ2n) is 9.11. The van der Waals surface area contributed by atoms with Gasteiger partial charge in [0.25, 0.3) is 11.8 Å². The third kappa shape index (κ3) is 6.11. The van der Waals surface area contributed by atoms with E-state index in [9.17, 15) is 18.0 Å². The summed E-state index contributed by atoms with van der Waals surface area (Å²) in [6, 6.07) is 13.2. The molecule has 1 unspecified atom stereocenters. The van der Waals surface area contributed by atoms with Crippen LogP contribution < -0.4 is 15.6 Å². The lowest BCUT2D eigenvalue weighted by molar-refractivity contribution is -0.128. The van der Waals surface area contributed by atoms with Gasteiger partial charge < -0.3 is 4.74 Å². The van der Waals surface area contributed by atoms with Crippen molar-refractivity contribution >= 4 is 21.8 Å². The number of benzene rings is 2. The molecule has 0 spiro atoms. The summed E-state index contributed by atoms with van der Waals surface area (Å²) in [5, 5.41) is 0. The van der Waals surface area contributed by atoms with Crippen LogP contribution in [-0.4, -0.2) is 43.7 Å². The molecule has 178 valence electrons. The molecule has 1 aliphatic rings. The molecule has 3 rings (SSSR count). The van der Waals surface area contributed by atoms with E-state index in [4.69, 9.17) is 4.74 Å². The van der Waals surface area contributed by atoms with Crippen LogP contribution in [-0.2, 0) is 20.2 Å². The van der Waals surface area contributed by atoms with Gasteiger partial charge in [-0.15, -0.1) is 0 Å². The first-order chi connectivity index (χ1) is 15.5. The van der Waals surface area contributed by atoms with E-state index in [0.717, 1.165) is 18.4 Å². The number of carbonyl (C=O) groups is 2. The van der Waals surface area contributed by atoms with Gasteiger partial charge in [-0.1, -0.05) is 32.9 Å². The Morgan fingerprint density at radius 1 is 0.939 bits per heavy atom. The molecule has 2 amide bonds. The van der Waals surface area contributed by atoms with Gasteiger partial charge in [0.05, 0.1) is 4.90 Å². The Kier molecular flexibility index (Phi) is 7.44. The van der Waals surface area contributed by atoms with E-state index in [-0.39, 0.29) is 15.9 Å². The molecule has 0 aliphatic carbocycles. The van der Waals surface area contributed by atoms with E-state index in [1.165, 1.54) is 28.6 Å². The average Bonchev–Trinajstić information content (AvgIpc) is 3.33. The van der Waals surface area contributed by atoms with Gasteiger partial charge in [0.15, 0.2) is 6.10 Å². The van der Waals surface area contributed by atoms with Gasteiger partial charge in [0.2, 0.25) is 10.0 Å². The Bertz CT molecular complexity index is 1080. The summed E-state index contributed by atoms with van der Waals surface area (Å²) >= 11 is 0. The lowest BCUT2D eigenvalue weighted by Crippen LogP contribution is -2.47. The standard InChI is InChI=1S/C24H31N3O5S/c1-17(32-20-11-9-19(10-12-20)24(2,3)4)22(28)25-26-23(29)18-7-13-21(14-8-18)33(30,31)27-15-5-6-16-27/h7-14,17H,5-6,15-16H2,1-4H3,(H,25,28)(H,26,29). The normalized spacial score (nSPS) is 15.6. The number of amides is 2. The molecular weight excluding hydrogens is 442 g/mol. The van der Waals surface area contributed by atoms with Crippen molar-refractivity contribution < 1.29 is 22.7 Å². The summed E-state index contributed by atoms with van der Waals surface area (Å²) < 4.78 is 32.2. The molecule has 1 fully saturated rings.